The quantitative estimate of drug-likeness (QED) is 0.582. The standard InChI is InChI=1S/C22H23NO2/c1-22(2,3)16-9-14-20(24-18-7-5-4-6-8-18)21(15-16)25-19-12-10-17(23)11-13-19/h4-15H,23H2,1-3H3. The van der Waals surface area contributed by atoms with Crippen molar-refractivity contribution in [3.05, 3.63) is 78.4 Å². The summed E-state index contributed by atoms with van der Waals surface area (Å²) in [6.07, 6.45) is 0. The summed E-state index contributed by atoms with van der Waals surface area (Å²) >= 11 is 0. The van der Waals surface area contributed by atoms with E-state index in [1.54, 1.807) is 0 Å². The number of ether oxygens (including phenoxy) is 2. The Labute approximate surface area is 149 Å². The van der Waals surface area contributed by atoms with Crippen molar-refractivity contribution < 1.29 is 9.47 Å². The van der Waals surface area contributed by atoms with Crippen LogP contribution in [-0.4, -0.2) is 0 Å². The number of hydrogen-bond acceptors (Lipinski definition) is 3. The molecule has 0 amide bonds. The SMILES string of the molecule is CC(C)(C)c1ccc(Oc2ccccc2)c(Oc2ccc(N)cc2)c1. The van der Waals surface area contributed by atoms with Gasteiger partial charge < -0.3 is 15.2 Å². The van der Waals surface area contributed by atoms with E-state index < -0.39 is 0 Å². The van der Waals surface area contributed by atoms with E-state index in [2.05, 4.69) is 26.8 Å². The summed E-state index contributed by atoms with van der Waals surface area (Å²) in [6.45, 7) is 6.52. The minimum absolute atomic E-state index is 0.0184. The number of nitrogens with two attached hydrogens (primary N) is 1. The van der Waals surface area contributed by atoms with Crippen LogP contribution < -0.4 is 15.2 Å². The number of anilines is 1. The van der Waals surface area contributed by atoms with Crippen molar-refractivity contribution in [1.29, 1.82) is 0 Å². The normalized spacial score (nSPS) is 11.2. The molecule has 0 heterocycles. The molecular formula is C22H23NO2. The topological polar surface area (TPSA) is 44.5 Å². The summed E-state index contributed by atoms with van der Waals surface area (Å²) in [5, 5.41) is 0. The summed E-state index contributed by atoms with van der Waals surface area (Å²) < 4.78 is 12.1. The van der Waals surface area contributed by atoms with E-state index in [1.165, 1.54) is 5.56 Å². The van der Waals surface area contributed by atoms with Crippen LogP contribution in [-0.2, 0) is 5.41 Å². The summed E-state index contributed by atoms with van der Waals surface area (Å²) in [5.41, 5.74) is 7.66. The molecule has 0 saturated carbocycles. The number of rotatable bonds is 4. The zero-order valence-corrected chi connectivity index (χ0v) is 14.8. The molecule has 3 nitrogen and oxygen atoms in total. The van der Waals surface area contributed by atoms with Gasteiger partial charge in [-0.3, -0.25) is 0 Å². The van der Waals surface area contributed by atoms with Crippen molar-refractivity contribution in [2.75, 3.05) is 5.73 Å². The molecule has 0 aromatic heterocycles. The fourth-order valence-corrected chi connectivity index (χ4v) is 2.42. The maximum Gasteiger partial charge on any atom is 0.170 e. The zero-order chi connectivity index (χ0) is 17.9. The lowest BCUT2D eigenvalue weighted by molar-refractivity contribution is 0.416. The molecule has 3 aromatic rings. The molecule has 0 aliphatic heterocycles. The molecule has 0 spiro atoms. The van der Waals surface area contributed by atoms with Gasteiger partial charge in [0.25, 0.3) is 0 Å². The highest BCUT2D eigenvalue weighted by Crippen LogP contribution is 2.38. The molecule has 3 heteroatoms. The lowest BCUT2D eigenvalue weighted by Crippen LogP contribution is -2.11. The van der Waals surface area contributed by atoms with Gasteiger partial charge in [0.2, 0.25) is 0 Å². The molecule has 0 bridgehead atoms. The molecule has 128 valence electrons. The second kappa shape index (κ2) is 6.89. The lowest BCUT2D eigenvalue weighted by Gasteiger charge is -2.21. The van der Waals surface area contributed by atoms with Crippen molar-refractivity contribution in [1.82, 2.24) is 0 Å². The molecule has 0 aliphatic carbocycles. The first-order chi connectivity index (χ1) is 11.9. The van der Waals surface area contributed by atoms with E-state index in [0.29, 0.717) is 17.2 Å². The van der Waals surface area contributed by atoms with Crippen LogP contribution in [0.5, 0.6) is 23.0 Å². The van der Waals surface area contributed by atoms with E-state index in [1.807, 2.05) is 66.7 Å². The number of nitrogen functional groups attached to an aromatic ring is 1. The summed E-state index contributed by atoms with van der Waals surface area (Å²) in [6, 6.07) is 23.1. The molecule has 3 aromatic carbocycles. The van der Waals surface area contributed by atoms with E-state index in [9.17, 15) is 0 Å². The molecule has 25 heavy (non-hydrogen) atoms. The largest absolute Gasteiger partial charge is 0.453 e. The molecular weight excluding hydrogens is 310 g/mol. The number of para-hydroxylation sites is 1. The van der Waals surface area contributed by atoms with Crippen LogP contribution in [0.1, 0.15) is 26.3 Å². The predicted molar refractivity (Wildman–Crippen MR) is 103 cm³/mol. The Balaban J connectivity index is 1.97. The van der Waals surface area contributed by atoms with Crippen LogP contribution in [0.4, 0.5) is 5.69 Å². The highest BCUT2D eigenvalue weighted by Gasteiger charge is 2.17. The van der Waals surface area contributed by atoms with Gasteiger partial charge in [0.15, 0.2) is 11.5 Å². The third-order valence-electron chi connectivity index (χ3n) is 3.89. The second-order valence-electron chi connectivity index (χ2n) is 7.00. The van der Waals surface area contributed by atoms with Gasteiger partial charge in [0.05, 0.1) is 0 Å². The van der Waals surface area contributed by atoms with Crippen LogP contribution in [0.25, 0.3) is 0 Å². The average Bonchev–Trinajstić information content (AvgIpc) is 2.58. The van der Waals surface area contributed by atoms with Gasteiger partial charge in [0.1, 0.15) is 11.5 Å². The Kier molecular flexibility index (Phi) is 4.66. The minimum atomic E-state index is 0.0184. The molecule has 0 fully saturated rings. The smallest absolute Gasteiger partial charge is 0.170 e. The highest BCUT2D eigenvalue weighted by molar-refractivity contribution is 5.50. The van der Waals surface area contributed by atoms with Crippen LogP contribution in [0.3, 0.4) is 0 Å². The predicted octanol–water partition coefficient (Wildman–Crippen LogP) is 6.15. The fraction of sp³-hybridized carbons (Fsp3) is 0.182. The first-order valence-corrected chi connectivity index (χ1v) is 8.33. The van der Waals surface area contributed by atoms with E-state index in [4.69, 9.17) is 15.2 Å². The lowest BCUT2D eigenvalue weighted by atomic mass is 9.87. The van der Waals surface area contributed by atoms with E-state index in [0.717, 1.165) is 11.5 Å². The monoisotopic (exact) mass is 333 g/mol. The van der Waals surface area contributed by atoms with Crippen molar-refractivity contribution in [2.24, 2.45) is 0 Å². The molecule has 0 atom stereocenters. The Morgan fingerprint density at radius 1 is 0.680 bits per heavy atom. The number of hydrogen-bond donors (Lipinski definition) is 1. The number of benzene rings is 3. The van der Waals surface area contributed by atoms with Gasteiger partial charge in [-0.25, -0.2) is 0 Å². The van der Waals surface area contributed by atoms with E-state index >= 15 is 0 Å². The summed E-state index contributed by atoms with van der Waals surface area (Å²) in [7, 11) is 0. The van der Waals surface area contributed by atoms with Gasteiger partial charge in [-0.1, -0.05) is 45.0 Å². The molecule has 0 aliphatic rings. The fourth-order valence-electron chi connectivity index (χ4n) is 2.42. The van der Waals surface area contributed by atoms with Crippen molar-refractivity contribution >= 4 is 5.69 Å². The molecule has 2 N–H and O–H groups in total. The summed E-state index contributed by atoms with van der Waals surface area (Å²) in [4.78, 5) is 0. The summed E-state index contributed by atoms with van der Waals surface area (Å²) in [5.74, 6) is 2.85. The van der Waals surface area contributed by atoms with Gasteiger partial charge in [-0.15, -0.1) is 0 Å². The van der Waals surface area contributed by atoms with Crippen molar-refractivity contribution in [3.8, 4) is 23.0 Å². The van der Waals surface area contributed by atoms with Gasteiger partial charge >= 0.3 is 0 Å². The molecule has 0 saturated heterocycles. The first-order valence-electron chi connectivity index (χ1n) is 8.33. The molecule has 3 rings (SSSR count). The average molecular weight is 333 g/mol. The van der Waals surface area contributed by atoms with Gasteiger partial charge in [0, 0.05) is 5.69 Å². The highest BCUT2D eigenvalue weighted by atomic mass is 16.5. The van der Waals surface area contributed by atoms with Crippen LogP contribution >= 0.6 is 0 Å². The minimum Gasteiger partial charge on any atom is -0.453 e. The van der Waals surface area contributed by atoms with Gasteiger partial charge in [-0.05, 0) is 59.5 Å². The van der Waals surface area contributed by atoms with Crippen molar-refractivity contribution in [3.63, 3.8) is 0 Å². The van der Waals surface area contributed by atoms with Crippen LogP contribution in [0.2, 0.25) is 0 Å². The van der Waals surface area contributed by atoms with Crippen LogP contribution in [0.15, 0.2) is 72.8 Å². The Morgan fingerprint density at radius 2 is 1.28 bits per heavy atom. The maximum atomic E-state index is 6.09. The zero-order valence-electron chi connectivity index (χ0n) is 14.8. The van der Waals surface area contributed by atoms with Crippen LogP contribution in [0, 0.1) is 0 Å². The molecule has 0 unspecified atom stereocenters. The maximum absolute atomic E-state index is 6.09. The Morgan fingerprint density at radius 3 is 1.92 bits per heavy atom. The second-order valence-corrected chi connectivity index (χ2v) is 7.00. The third kappa shape index (κ3) is 4.32. The first kappa shape index (κ1) is 16.9. The third-order valence-corrected chi connectivity index (χ3v) is 3.89. The van der Waals surface area contributed by atoms with Crippen molar-refractivity contribution in [2.45, 2.75) is 26.2 Å². The Hall–Kier alpha value is -2.94. The Bertz CT molecular complexity index is 834. The molecule has 0 radical (unpaired) electrons. The van der Waals surface area contributed by atoms with E-state index in [-0.39, 0.29) is 5.41 Å². The van der Waals surface area contributed by atoms with Gasteiger partial charge in [-0.2, -0.15) is 0 Å².